The van der Waals surface area contributed by atoms with E-state index in [2.05, 4.69) is 0 Å². The summed E-state index contributed by atoms with van der Waals surface area (Å²) >= 11 is 0.609. The summed E-state index contributed by atoms with van der Waals surface area (Å²) < 4.78 is 0.972. The first-order valence-electron chi connectivity index (χ1n) is 2.20. The van der Waals surface area contributed by atoms with Gasteiger partial charge in [-0.25, -0.2) is 0 Å². The lowest BCUT2D eigenvalue weighted by Crippen LogP contribution is -2.05. The third kappa shape index (κ3) is 0.787. The molecule has 9 heavy (non-hydrogen) atoms. The molecule has 0 saturated carbocycles. The maximum absolute atomic E-state index is 10.5. The maximum atomic E-state index is 10.5. The van der Waals surface area contributed by atoms with Crippen molar-refractivity contribution in [2.45, 2.75) is 0 Å². The van der Waals surface area contributed by atoms with Crippen LogP contribution in [-0.4, -0.2) is 14.8 Å². The highest BCUT2D eigenvalue weighted by molar-refractivity contribution is 7.11. The van der Waals surface area contributed by atoms with Gasteiger partial charge >= 0.3 is 4.87 Å². The summed E-state index contributed by atoms with van der Waals surface area (Å²) in [6, 6.07) is 0. The zero-order valence-corrected chi connectivity index (χ0v) is 5.47. The molecule has 0 atom stereocenters. The van der Waals surface area contributed by atoms with Crippen LogP contribution in [-0.2, 0) is 7.05 Å². The Kier molecular flexibility index (Phi) is 1.21. The highest BCUT2D eigenvalue weighted by Crippen LogP contribution is 2.25. The van der Waals surface area contributed by atoms with Gasteiger partial charge < -0.3 is 10.2 Å². The minimum Gasteiger partial charge on any atom is -0.496 e. The van der Waals surface area contributed by atoms with E-state index in [1.807, 2.05) is 0 Å². The van der Waals surface area contributed by atoms with E-state index in [0.29, 0.717) is 11.3 Å². The predicted octanol–water partition coefficient (Wildman–Crippen LogP) is -0.142. The molecule has 0 aliphatic rings. The normalized spacial score (nSPS) is 9.89. The highest BCUT2D eigenvalue weighted by Gasteiger charge is 2.07. The lowest BCUT2D eigenvalue weighted by Gasteiger charge is -1.88. The highest BCUT2D eigenvalue weighted by atomic mass is 32.1. The van der Waals surface area contributed by atoms with E-state index in [9.17, 15) is 4.79 Å². The molecule has 0 fully saturated rings. The summed E-state index contributed by atoms with van der Waals surface area (Å²) in [5.74, 6) is -0.370. The van der Waals surface area contributed by atoms with Gasteiger partial charge in [-0.15, -0.1) is 0 Å². The van der Waals surface area contributed by atoms with Gasteiger partial charge in [-0.1, -0.05) is 0 Å². The molecule has 0 radical (unpaired) electrons. The minimum atomic E-state index is -0.370. The SMILES string of the molecule is Cn1c(O)c(O)sc1=O. The quantitative estimate of drug-likeness (QED) is 0.536. The van der Waals surface area contributed by atoms with Crippen molar-refractivity contribution in [3.63, 3.8) is 0 Å². The molecule has 1 heterocycles. The Bertz CT molecular complexity index is 274. The summed E-state index contributed by atoms with van der Waals surface area (Å²) in [5.41, 5.74) is 0. The van der Waals surface area contributed by atoms with E-state index in [4.69, 9.17) is 10.2 Å². The Labute approximate surface area is 54.6 Å². The van der Waals surface area contributed by atoms with Crippen LogP contribution in [0.5, 0.6) is 10.9 Å². The number of hydrogen-bond acceptors (Lipinski definition) is 4. The van der Waals surface area contributed by atoms with Crippen LogP contribution >= 0.6 is 11.3 Å². The van der Waals surface area contributed by atoms with Crippen LogP contribution in [0.15, 0.2) is 4.79 Å². The van der Waals surface area contributed by atoms with Crippen LogP contribution in [0.25, 0.3) is 0 Å². The second kappa shape index (κ2) is 1.77. The molecule has 50 valence electrons. The van der Waals surface area contributed by atoms with Gasteiger partial charge in [0.1, 0.15) is 0 Å². The molecule has 0 unspecified atom stereocenters. The molecule has 0 saturated heterocycles. The topological polar surface area (TPSA) is 62.5 Å². The minimum absolute atomic E-state index is 0.331. The third-order valence-electron chi connectivity index (χ3n) is 0.967. The summed E-state index contributed by atoms with van der Waals surface area (Å²) in [7, 11) is 1.38. The summed E-state index contributed by atoms with van der Waals surface area (Å²) in [6.07, 6.45) is 0. The van der Waals surface area contributed by atoms with Gasteiger partial charge in [-0.05, 0) is 11.3 Å². The zero-order chi connectivity index (χ0) is 7.02. The Morgan fingerprint density at radius 3 is 2.22 bits per heavy atom. The fourth-order valence-electron chi connectivity index (χ4n) is 0.427. The van der Waals surface area contributed by atoms with Crippen LogP contribution in [0.3, 0.4) is 0 Å². The van der Waals surface area contributed by atoms with Gasteiger partial charge in [-0.3, -0.25) is 9.36 Å². The molecule has 0 amide bonds. The van der Waals surface area contributed by atoms with Crippen molar-refractivity contribution in [3.05, 3.63) is 9.67 Å². The largest absolute Gasteiger partial charge is 0.496 e. The number of rotatable bonds is 0. The average molecular weight is 147 g/mol. The molecule has 0 aliphatic heterocycles. The van der Waals surface area contributed by atoms with Crippen LogP contribution in [0.4, 0.5) is 0 Å². The van der Waals surface area contributed by atoms with Crippen LogP contribution in [0.2, 0.25) is 0 Å². The fraction of sp³-hybridized carbons (Fsp3) is 0.250. The molecule has 0 aliphatic carbocycles. The summed E-state index contributed by atoms with van der Waals surface area (Å²) in [4.78, 5) is 10.2. The van der Waals surface area contributed by atoms with Gasteiger partial charge in [0.05, 0.1) is 0 Å². The Balaban J connectivity index is 3.47. The molecule has 4 nitrogen and oxygen atoms in total. The van der Waals surface area contributed by atoms with E-state index in [1.54, 1.807) is 0 Å². The number of aromatic hydroxyl groups is 2. The van der Waals surface area contributed by atoms with Gasteiger partial charge in [0.15, 0.2) is 0 Å². The second-order valence-corrected chi connectivity index (χ2v) is 2.50. The van der Waals surface area contributed by atoms with Crippen molar-refractivity contribution in [2.75, 3.05) is 0 Å². The molecule has 0 spiro atoms. The van der Waals surface area contributed by atoms with Gasteiger partial charge in [0.2, 0.25) is 10.9 Å². The molecular formula is C4H5NO3S. The van der Waals surface area contributed by atoms with E-state index >= 15 is 0 Å². The first-order chi connectivity index (χ1) is 4.13. The maximum Gasteiger partial charge on any atom is 0.313 e. The summed E-state index contributed by atoms with van der Waals surface area (Å²) in [6.45, 7) is 0. The summed E-state index contributed by atoms with van der Waals surface area (Å²) in [5, 5.41) is 17.1. The van der Waals surface area contributed by atoms with E-state index < -0.39 is 0 Å². The number of nitrogens with zero attached hydrogens (tertiary/aromatic N) is 1. The fourth-order valence-corrected chi connectivity index (χ4v) is 1.04. The molecular weight excluding hydrogens is 142 g/mol. The number of aromatic nitrogens is 1. The Morgan fingerprint density at radius 1 is 1.56 bits per heavy atom. The molecule has 5 heteroatoms. The lowest BCUT2D eigenvalue weighted by molar-refractivity contribution is 0.383. The second-order valence-electron chi connectivity index (χ2n) is 1.56. The number of thiazole rings is 1. The van der Waals surface area contributed by atoms with Gasteiger partial charge in [0, 0.05) is 7.05 Å². The Morgan fingerprint density at radius 2 is 2.11 bits per heavy atom. The molecule has 2 N–H and O–H groups in total. The van der Waals surface area contributed by atoms with Crippen molar-refractivity contribution in [2.24, 2.45) is 7.05 Å². The van der Waals surface area contributed by atoms with Crippen LogP contribution < -0.4 is 4.87 Å². The van der Waals surface area contributed by atoms with Crippen molar-refractivity contribution < 1.29 is 10.2 Å². The van der Waals surface area contributed by atoms with Crippen LogP contribution in [0.1, 0.15) is 0 Å². The van der Waals surface area contributed by atoms with Crippen molar-refractivity contribution in [3.8, 4) is 10.9 Å². The van der Waals surface area contributed by atoms with Crippen molar-refractivity contribution >= 4 is 11.3 Å². The van der Waals surface area contributed by atoms with E-state index in [1.165, 1.54) is 7.05 Å². The third-order valence-corrected chi connectivity index (χ3v) is 1.79. The standard InChI is InChI=1S/C4H5NO3S/c1-5-2(6)3(7)9-4(5)8/h6-7H,1H3. The van der Waals surface area contributed by atoms with Crippen molar-refractivity contribution in [1.29, 1.82) is 0 Å². The van der Waals surface area contributed by atoms with E-state index in [0.717, 1.165) is 4.57 Å². The van der Waals surface area contributed by atoms with Gasteiger partial charge in [0.25, 0.3) is 0 Å². The lowest BCUT2D eigenvalue weighted by atomic mass is 10.8. The van der Waals surface area contributed by atoms with Crippen LogP contribution in [0, 0.1) is 0 Å². The first-order valence-corrected chi connectivity index (χ1v) is 3.02. The van der Waals surface area contributed by atoms with Gasteiger partial charge in [-0.2, -0.15) is 0 Å². The first kappa shape index (κ1) is 6.15. The molecule has 1 aromatic rings. The molecule has 0 aromatic carbocycles. The molecule has 0 bridgehead atoms. The molecule has 1 rings (SSSR count). The van der Waals surface area contributed by atoms with E-state index in [-0.39, 0.29) is 15.8 Å². The monoisotopic (exact) mass is 147 g/mol. The Hall–Kier alpha value is -0.970. The average Bonchev–Trinajstić information content (AvgIpc) is 1.98. The smallest absolute Gasteiger partial charge is 0.313 e. The zero-order valence-electron chi connectivity index (χ0n) is 4.66. The number of hydrogen-bond donors (Lipinski definition) is 2. The molecule has 1 aromatic heterocycles. The van der Waals surface area contributed by atoms with Crippen molar-refractivity contribution in [1.82, 2.24) is 4.57 Å². The predicted molar refractivity (Wildman–Crippen MR) is 32.9 cm³/mol.